The molecule has 0 bridgehead atoms. The van der Waals surface area contributed by atoms with Crippen LogP contribution in [0.4, 0.5) is 18.0 Å². The van der Waals surface area contributed by atoms with Crippen LogP contribution in [-0.4, -0.2) is 35.1 Å². The highest BCUT2D eigenvalue weighted by molar-refractivity contribution is 5.68. The molecule has 0 heterocycles. The summed E-state index contributed by atoms with van der Waals surface area (Å²) in [6.45, 7) is 5.79. The van der Waals surface area contributed by atoms with Gasteiger partial charge in [0, 0.05) is 0 Å². The van der Waals surface area contributed by atoms with E-state index in [9.17, 15) is 18.0 Å². The number of hydrogen-bond donors (Lipinski definition) is 2. The summed E-state index contributed by atoms with van der Waals surface area (Å²) in [6, 6.07) is -1.46. The summed E-state index contributed by atoms with van der Waals surface area (Å²) >= 11 is 0. The minimum absolute atomic E-state index is 0.799. The van der Waals surface area contributed by atoms with Crippen molar-refractivity contribution in [3.8, 4) is 0 Å². The van der Waals surface area contributed by atoms with Gasteiger partial charge in [-0.2, -0.15) is 13.2 Å². The lowest BCUT2D eigenvalue weighted by Crippen LogP contribution is -2.49. The molecule has 7 heteroatoms. The van der Waals surface area contributed by atoms with Gasteiger partial charge in [-0.05, 0) is 27.7 Å². The molecule has 0 fully saturated rings. The van der Waals surface area contributed by atoms with Crippen LogP contribution in [0.5, 0.6) is 0 Å². The summed E-state index contributed by atoms with van der Waals surface area (Å²) in [4.78, 5) is 11.1. The number of halogens is 3. The third-order valence-corrected chi connectivity index (χ3v) is 1.55. The predicted octanol–water partition coefficient (Wildman–Crippen LogP) is 1.82. The van der Waals surface area contributed by atoms with E-state index in [0.29, 0.717) is 0 Å². The van der Waals surface area contributed by atoms with Gasteiger partial charge in [0.2, 0.25) is 0 Å². The first-order valence-corrected chi connectivity index (χ1v) is 4.68. The van der Waals surface area contributed by atoms with Crippen molar-refractivity contribution in [1.29, 1.82) is 0 Å². The number of aliphatic hydroxyl groups excluding tert-OH is 1. The second-order valence-corrected chi connectivity index (χ2v) is 4.42. The fourth-order valence-electron chi connectivity index (χ4n) is 0.856. The second kappa shape index (κ2) is 4.90. The number of carbonyl (C=O) groups is 1. The van der Waals surface area contributed by atoms with E-state index >= 15 is 0 Å². The summed E-state index contributed by atoms with van der Waals surface area (Å²) < 4.78 is 40.9. The van der Waals surface area contributed by atoms with Gasteiger partial charge < -0.3 is 15.2 Å². The van der Waals surface area contributed by atoms with Gasteiger partial charge in [0.1, 0.15) is 5.60 Å². The van der Waals surface area contributed by atoms with Crippen molar-refractivity contribution >= 4 is 6.09 Å². The molecular formula is C9H16F3NO3. The maximum atomic E-state index is 12.0. The van der Waals surface area contributed by atoms with Gasteiger partial charge in [0.05, 0.1) is 6.04 Å². The quantitative estimate of drug-likeness (QED) is 0.777. The monoisotopic (exact) mass is 243 g/mol. The van der Waals surface area contributed by atoms with Gasteiger partial charge in [-0.15, -0.1) is 0 Å². The lowest BCUT2D eigenvalue weighted by atomic mass is 10.2. The van der Waals surface area contributed by atoms with Crippen molar-refractivity contribution in [2.45, 2.75) is 51.6 Å². The first kappa shape index (κ1) is 15.0. The molecule has 0 saturated heterocycles. The average molecular weight is 243 g/mol. The van der Waals surface area contributed by atoms with Gasteiger partial charge >= 0.3 is 12.3 Å². The summed E-state index contributed by atoms with van der Waals surface area (Å²) in [5, 5.41) is 10.7. The van der Waals surface area contributed by atoms with Crippen molar-refractivity contribution in [3.63, 3.8) is 0 Å². The molecule has 96 valence electrons. The number of hydrogen-bond acceptors (Lipinski definition) is 3. The molecule has 1 amide bonds. The van der Waals surface area contributed by atoms with Crippen LogP contribution in [-0.2, 0) is 4.74 Å². The van der Waals surface area contributed by atoms with E-state index in [-0.39, 0.29) is 0 Å². The van der Waals surface area contributed by atoms with Gasteiger partial charge in [0.25, 0.3) is 0 Å². The molecular weight excluding hydrogens is 227 g/mol. The molecule has 0 spiro atoms. The Bertz CT molecular complexity index is 247. The molecule has 0 saturated carbocycles. The summed E-state index contributed by atoms with van der Waals surface area (Å²) in [5.74, 6) is 0. The lowest BCUT2D eigenvalue weighted by Gasteiger charge is -2.25. The zero-order valence-corrected chi connectivity index (χ0v) is 9.55. The smallest absolute Gasteiger partial charge is 0.416 e. The van der Waals surface area contributed by atoms with Crippen LogP contribution < -0.4 is 5.32 Å². The Kier molecular flexibility index (Phi) is 4.60. The Hall–Kier alpha value is -0.980. The fraction of sp³-hybridized carbons (Fsp3) is 0.889. The SMILES string of the molecule is C[C@H](NC(=O)OC(C)(C)C)C(O)C(F)(F)F. The topological polar surface area (TPSA) is 58.6 Å². The number of nitrogens with one attached hydrogen (secondary N) is 1. The maximum absolute atomic E-state index is 12.0. The van der Waals surface area contributed by atoms with Crippen molar-refractivity contribution in [2.24, 2.45) is 0 Å². The molecule has 1 unspecified atom stereocenters. The van der Waals surface area contributed by atoms with E-state index in [0.717, 1.165) is 6.92 Å². The number of alkyl carbamates (subject to hydrolysis) is 1. The Labute approximate surface area is 91.8 Å². The number of carbonyl (C=O) groups excluding carboxylic acids is 1. The molecule has 0 aromatic heterocycles. The van der Waals surface area contributed by atoms with Crippen LogP contribution in [0.15, 0.2) is 0 Å². The van der Waals surface area contributed by atoms with Crippen LogP contribution in [0.3, 0.4) is 0 Å². The van der Waals surface area contributed by atoms with Gasteiger partial charge in [-0.1, -0.05) is 0 Å². The van der Waals surface area contributed by atoms with Crippen LogP contribution in [0.2, 0.25) is 0 Å². The Morgan fingerprint density at radius 2 is 1.75 bits per heavy atom. The van der Waals surface area contributed by atoms with Crippen molar-refractivity contribution < 1.29 is 27.8 Å². The molecule has 0 aliphatic carbocycles. The highest BCUT2D eigenvalue weighted by atomic mass is 19.4. The van der Waals surface area contributed by atoms with E-state index in [1.807, 2.05) is 5.32 Å². The molecule has 0 aliphatic rings. The first-order chi connectivity index (χ1) is 6.93. The Morgan fingerprint density at radius 3 is 2.06 bits per heavy atom. The average Bonchev–Trinajstić information content (AvgIpc) is 1.96. The molecule has 0 aromatic carbocycles. The van der Waals surface area contributed by atoms with Gasteiger partial charge in [-0.25, -0.2) is 4.79 Å². The van der Waals surface area contributed by atoms with E-state index in [2.05, 4.69) is 0 Å². The molecule has 2 N–H and O–H groups in total. The maximum Gasteiger partial charge on any atom is 0.416 e. The van der Waals surface area contributed by atoms with Crippen LogP contribution in [0.25, 0.3) is 0 Å². The third kappa shape index (κ3) is 5.79. The van der Waals surface area contributed by atoms with E-state index < -0.39 is 30.0 Å². The molecule has 0 radical (unpaired) electrons. The Balaban J connectivity index is 4.26. The largest absolute Gasteiger partial charge is 0.444 e. The lowest BCUT2D eigenvalue weighted by molar-refractivity contribution is -0.210. The third-order valence-electron chi connectivity index (χ3n) is 1.55. The minimum Gasteiger partial charge on any atom is -0.444 e. The molecule has 2 atom stereocenters. The van der Waals surface area contributed by atoms with Crippen LogP contribution >= 0.6 is 0 Å². The second-order valence-electron chi connectivity index (χ2n) is 4.42. The number of alkyl halides is 3. The standard InChI is InChI=1S/C9H16F3NO3/c1-5(6(14)9(10,11)12)13-7(15)16-8(2,3)4/h5-6,14H,1-4H3,(H,13,15)/t5-,6?/m0/s1. The van der Waals surface area contributed by atoms with Crippen LogP contribution in [0.1, 0.15) is 27.7 Å². The first-order valence-electron chi connectivity index (χ1n) is 4.68. The summed E-state index contributed by atoms with van der Waals surface area (Å²) in [5.41, 5.74) is -0.799. The zero-order valence-electron chi connectivity index (χ0n) is 9.55. The molecule has 0 aliphatic heterocycles. The number of amides is 1. The highest BCUT2D eigenvalue weighted by Gasteiger charge is 2.42. The van der Waals surface area contributed by atoms with Crippen LogP contribution in [0, 0.1) is 0 Å². The number of aliphatic hydroxyl groups is 1. The van der Waals surface area contributed by atoms with Gasteiger partial charge in [0.15, 0.2) is 6.10 Å². The van der Waals surface area contributed by atoms with E-state index in [1.54, 1.807) is 20.8 Å². The normalized spacial score (nSPS) is 16.5. The van der Waals surface area contributed by atoms with Crippen molar-refractivity contribution in [2.75, 3.05) is 0 Å². The summed E-state index contributed by atoms with van der Waals surface area (Å²) in [7, 11) is 0. The van der Waals surface area contributed by atoms with E-state index in [1.165, 1.54) is 0 Å². The van der Waals surface area contributed by atoms with Gasteiger partial charge in [-0.3, -0.25) is 0 Å². The molecule has 4 nitrogen and oxygen atoms in total. The van der Waals surface area contributed by atoms with E-state index in [4.69, 9.17) is 9.84 Å². The molecule has 16 heavy (non-hydrogen) atoms. The molecule has 0 rings (SSSR count). The van der Waals surface area contributed by atoms with Crippen molar-refractivity contribution in [3.05, 3.63) is 0 Å². The predicted molar refractivity (Wildman–Crippen MR) is 50.9 cm³/mol. The highest BCUT2D eigenvalue weighted by Crippen LogP contribution is 2.22. The number of ether oxygens (including phenoxy) is 1. The van der Waals surface area contributed by atoms with Crippen molar-refractivity contribution in [1.82, 2.24) is 5.32 Å². The molecule has 0 aromatic rings. The number of rotatable bonds is 2. The zero-order chi connectivity index (χ0) is 13.1. The fourth-order valence-corrected chi connectivity index (χ4v) is 0.856. The Morgan fingerprint density at radius 1 is 1.31 bits per heavy atom. The summed E-state index contributed by atoms with van der Waals surface area (Å²) in [6.07, 6.45) is -8.38. The minimum atomic E-state index is -4.77.